The van der Waals surface area contributed by atoms with Crippen LogP contribution in [-0.4, -0.2) is 21.6 Å². The third-order valence-electron chi connectivity index (χ3n) is 5.69. The van der Waals surface area contributed by atoms with Gasteiger partial charge in [0, 0.05) is 17.5 Å². The molecule has 0 bridgehead atoms. The van der Waals surface area contributed by atoms with Gasteiger partial charge in [0.25, 0.3) is 5.56 Å². The summed E-state index contributed by atoms with van der Waals surface area (Å²) >= 11 is 1.30. The first-order valence-corrected chi connectivity index (χ1v) is 11.9. The second-order valence-corrected chi connectivity index (χ2v) is 8.91. The molecule has 0 unspecified atom stereocenters. The second-order valence-electron chi connectivity index (χ2n) is 7.96. The third kappa shape index (κ3) is 4.70. The summed E-state index contributed by atoms with van der Waals surface area (Å²) in [5, 5.41) is 0.486. The number of H-pyrrole nitrogens is 1. The Kier molecular flexibility index (Phi) is 6.37. The number of benzene rings is 3. The van der Waals surface area contributed by atoms with E-state index in [0.29, 0.717) is 34.1 Å². The molecule has 5 rings (SSSR count). The Bertz CT molecular complexity index is 1550. The van der Waals surface area contributed by atoms with Crippen LogP contribution in [0.5, 0.6) is 5.75 Å². The largest absolute Gasteiger partial charge is 0.497 e. The Morgan fingerprint density at radius 2 is 1.71 bits per heavy atom. The van der Waals surface area contributed by atoms with E-state index in [1.54, 1.807) is 17.9 Å². The van der Waals surface area contributed by atoms with Gasteiger partial charge < -0.3 is 9.72 Å². The van der Waals surface area contributed by atoms with Crippen molar-refractivity contribution >= 4 is 22.8 Å². The molecule has 0 aliphatic heterocycles. The van der Waals surface area contributed by atoms with E-state index in [0.717, 1.165) is 28.5 Å². The molecule has 8 heteroatoms. The van der Waals surface area contributed by atoms with Gasteiger partial charge >= 0.3 is 0 Å². The number of nitrogens with zero attached hydrogens (tertiary/aromatic N) is 2. The molecule has 2 aromatic heterocycles. The highest BCUT2D eigenvalue weighted by Crippen LogP contribution is 2.29. The Labute approximate surface area is 204 Å². The summed E-state index contributed by atoms with van der Waals surface area (Å²) in [6, 6.07) is 21.0. The molecule has 5 aromatic rings. The maximum atomic E-state index is 13.7. The predicted molar refractivity (Wildman–Crippen MR) is 134 cm³/mol. The lowest BCUT2D eigenvalue weighted by molar-refractivity contribution is 0.414. The summed E-state index contributed by atoms with van der Waals surface area (Å²) in [5.74, 6) is -0.754. The van der Waals surface area contributed by atoms with E-state index in [9.17, 15) is 13.6 Å². The molecule has 0 saturated heterocycles. The molecule has 3 aromatic carbocycles. The number of aromatic nitrogens is 3. The lowest BCUT2D eigenvalue weighted by Gasteiger charge is -2.13. The molecular weight excluding hydrogens is 468 g/mol. The number of halogens is 2. The van der Waals surface area contributed by atoms with E-state index in [1.807, 2.05) is 54.6 Å². The van der Waals surface area contributed by atoms with Crippen LogP contribution in [0.25, 0.3) is 22.2 Å². The number of hydrogen-bond donors (Lipinski definition) is 1. The Hall–Kier alpha value is -3.91. The molecule has 0 aliphatic rings. The van der Waals surface area contributed by atoms with E-state index in [-0.39, 0.29) is 5.56 Å². The van der Waals surface area contributed by atoms with Gasteiger partial charge in [-0.1, -0.05) is 60.3 Å². The Balaban J connectivity index is 1.58. The van der Waals surface area contributed by atoms with Crippen molar-refractivity contribution in [1.29, 1.82) is 0 Å². The molecule has 0 atom stereocenters. The van der Waals surface area contributed by atoms with Crippen LogP contribution in [0.1, 0.15) is 11.1 Å². The van der Waals surface area contributed by atoms with Crippen molar-refractivity contribution in [1.82, 2.24) is 14.5 Å². The van der Waals surface area contributed by atoms with Gasteiger partial charge in [-0.05, 0) is 41.0 Å². The third-order valence-corrected chi connectivity index (χ3v) is 6.73. The SMILES string of the molecule is COc1ccc(Cn2c(SCc3ccc(F)c(F)c3)nc3c(-c4ccccc4)c[nH]c3c2=O)cc1. The average molecular weight is 490 g/mol. The zero-order valence-corrected chi connectivity index (χ0v) is 19.6. The van der Waals surface area contributed by atoms with Gasteiger partial charge in [-0.15, -0.1) is 0 Å². The van der Waals surface area contributed by atoms with E-state index >= 15 is 0 Å². The normalized spacial score (nSPS) is 11.2. The van der Waals surface area contributed by atoms with E-state index in [4.69, 9.17) is 9.72 Å². The fraction of sp³-hybridized carbons (Fsp3) is 0.111. The first kappa shape index (κ1) is 22.9. The number of aromatic amines is 1. The minimum Gasteiger partial charge on any atom is -0.497 e. The van der Waals surface area contributed by atoms with Gasteiger partial charge in [0.05, 0.1) is 13.7 Å². The monoisotopic (exact) mass is 489 g/mol. The van der Waals surface area contributed by atoms with Crippen molar-refractivity contribution in [2.24, 2.45) is 0 Å². The van der Waals surface area contributed by atoms with Gasteiger partial charge in [-0.2, -0.15) is 0 Å². The molecular formula is C27H21F2N3O2S. The fourth-order valence-electron chi connectivity index (χ4n) is 3.85. The van der Waals surface area contributed by atoms with E-state index in [2.05, 4.69) is 4.98 Å². The lowest BCUT2D eigenvalue weighted by Crippen LogP contribution is -2.24. The lowest BCUT2D eigenvalue weighted by atomic mass is 10.1. The van der Waals surface area contributed by atoms with Gasteiger partial charge in [0.2, 0.25) is 0 Å². The number of ether oxygens (including phenoxy) is 1. The highest BCUT2D eigenvalue weighted by molar-refractivity contribution is 7.98. The summed E-state index contributed by atoms with van der Waals surface area (Å²) in [5.41, 5.74) is 4.03. The standard InChI is InChI=1S/C27H21F2N3O2S/c1-34-20-10-7-17(8-11-20)15-32-26(33)25-24(21(14-30-25)19-5-3-2-4-6-19)31-27(32)35-16-18-9-12-22(28)23(29)13-18/h2-14,30H,15-16H2,1H3. The van der Waals surface area contributed by atoms with Gasteiger partial charge in [0.15, 0.2) is 16.8 Å². The smallest absolute Gasteiger partial charge is 0.278 e. The number of hydrogen-bond acceptors (Lipinski definition) is 4. The maximum Gasteiger partial charge on any atom is 0.278 e. The summed E-state index contributed by atoms with van der Waals surface area (Å²) in [4.78, 5) is 21.5. The Morgan fingerprint density at radius 1 is 0.971 bits per heavy atom. The van der Waals surface area contributed by atoms with Gasteiger partial charge in [-0.25, -0.2) is 13.8 Å². The summed E-state index contributed by atoms with van der Waals surface area (Å²) in [6.45, 7) is 0.297. The van der Waals surface area contributed by atoms with E-state index < -0.39 is 11.6 Å². The molecule has 0 aliphatic carbocycles. The maximum absolute atomic E-state index is 13.7. The average Bonchev–Trinajstić information content (AvgIpc) is 3.32. The number of methoxy groups -OCH3 is 1. The van der Waals surface area contributed by atoms with Crippen LogP contribution in [-0.2, 0) is 12.3 Å². The molecule has 0 radical (unpaired) electrons. The molecule has 0 spiro atoms. The Morgan fingerprint density at radius 3 is 2.43 bits per heavy atom. The van der Waals surface area contributed by atoms with E-state index in [1.165, 1.54) is 23.9 Å². The molecule has 0 saturated carbocycles. The van der Waals surface area contributed by atoms with Crippen LogP contribution < -0.4 is 10.3 Å². The van der Waals surface area contributed by atoms with Crippen molar-refractivity contribution in [3.63, 3.8) is 0 Å². The highest BCUT2D eigenvalue weighted by atomic mass is 32.2. The molecule has 5 nitrogen and oxygen atoms in total. The quantitative estimate of drug-likeness (QED) is 0.224. The molecule has 176 valence electrons. The zero-order chi connectivity index (χ0) is 24.4. The molecule has 0 amide bonds. The van der Waals surface area contributed by atoms with Crippen molar-refractivity contribution < 1.29 is 13.5 Å². The van der Waals surface area contributed by atoms with Crippen molar-refractivity contribution in [3.8, 4) is 16.9 Å². The molecule has 0 fully saturated rings. The van der Waals surface area contributed by atoms with Gasteiger partial charge in [0.1, 0.15) is 16.8 Å². The van der Waals surface area contributed by atoms with Crippen LogP contribution in [0, 0.1) is 11.6 Å². The summed E-state index contributed by atoms with van der Waals surface area (Å²) in [7, 11) is 1.60. The number of fused-ring (bicyclic) bond motifs is 1. The number of thioether (sulfide) groups is 1. The second kappa shape index (κ2) is 9.76. The topological polar surface area (TPSA) is 59.9 Å². The molecule has 35 heavy (non-hydrogen) atoms. The summed E-state index contributed by atoms with van der Waals surface area (Å²) < 4.78 is 33.9. The van der Waals surface area contributed by atoms with Crippen LogP contribution >= 0.6 is 11.8 Å². The van der Waals surface area contributed by atoms with Crippen molar-refractivity contribution in [3.05, 3.63) is 112 Å². The molecule has 1 N–H and O–H groups in total. The van der Waals surface area contributed by atoms with Crippen LogP contribution in [0.4, 0.5) is 8.78 Å². The minimum absolute atomic E-state index is 0.208. The first-order chi connectivity index (χ1) is 17.0. The molecule has 2 heterocycles. The summed E-state index contributed by atoms with van der Waals surface area (Å²) in [6.07, 6.45) is 1.79. The van der Waals surface area contributed by atoms with Gasteiger partial charge in [-0.3, -0.25) is 9.36 Å². The first-order valence-electron chi connectivity index (χ1n) is 10.9. The van der Waals surface area contributed by atoms with Crippen LogP contribution in [0.2, 0.25) is 0 Å². The highest BCUT2D eigenvalue weighted by Gasteiger charge is 2.17. The van der Waals surface area contributed by atoms with Crippen molar-refractivity contribution in [2.75, 3.05) is 7.11 Å². The fourth-order valence-corrected chi connectivity index (χ4v) is 4.79. The predicted octanol–water partition coefficient (Wildman–Crippen LogP) is 6.02. The minimum atomic E-state index is -0.904. The van der Waals surface area contributed by atoms with Crippen LogP contribution in [0.3, 0.4) is 0 Å². The van der Waals surface area contributed by atoms with Crippen molar-refractivity contribution in [2.45, 2.75) is 17.5 Å². The number of nitrogens with one attached hydrogen (secondary N) is 1. The van der Waals surface area contributed by atoms with Crippen LogP contribution in [0.15, 0.2) is 88.9 Å². The zero-order valence-electron chi connectivity index (χ0n) is 18.8. The number of rotatable bonds is 7.